The minimum Gasteiger partial charge on any atom is -0.363 e. The summed E-state index contributed by atoms with van der Waals surface area (Å²) in [6.07, 6.45) is 5.25. The smallest absolute Gasteiger partial charge is 0.126 e. The van der Waals surface area contributed by atoms with Gasteiger partial charge < -0.3 is 10.6 Å². The molecule has 94 valence electrons. The van der Waals surface area contributed by atoms with Gasteiger partial charge in [0.2, 0.25) is 0 Å². The van der Waals surface area contributed by atoms with Crippen LogP contribution in [0.25, 0.3) is 0 Å². The molecule has 0 radical (unpaired) electrons. The number of aryl methyl sites for hydroxylation is 1. The Kier molecular flexibility index (Phi) is 3.52. The van der Waals surface area contributed by atoms with Gasteiger partial charge in [0, 0.05) is 38.7 Å². The van der Waals surface area contributed by atoms with Crippen molar-refractivity contribution < 1.29 is 0 Å². The van der Waals surface area contributed by atoms with Gasteiger partial charge in [0.15, 0.2) is 0 Å². The highest BCUT2D eigenvalue weighted by Gasteiger charge is 2.27. The van der Waals surface area contributed by atoms with E-state index in [1.54, 1.807) is 6.08 Å². The predicted molar refractivity (Wildman–Crippen MR) is 71.3 cm³/mol. The van der Waals surface area contributed by atoms with Crippen LogP contribution in [0.5, 0.6) is 0 Å². The van der Waals surface area contributed by atoms with Crippen LogP contribution in [0.3, 0.4) is 0 Å². The van der Waals surface area contributed by atoms with Gasteiger partial charge in [0.1, 0.15) is 5.82 Å². The Labute approximate surface area is 103 Å². The molecule has 1 fully saturated rings. The number of aromatic nitrogens is 2. The summed E-state index contributed by atoms with van der Waals surface area (Å²) in [5.41, 5.74) is 7.09. The Morgan fingerprint density at radius 2 is 2.35 bits per heavy atom. The van der Waals surface area contributed by atoms with Crippen LogP contribution in [0.15, 0.2) is 18.7 Å². The molecule has 17 heavy (non-hydrogen) atoms. The van der Waals surface area contributed by atoms with Crippen LogP contribution in [0.1, 0.15) is 30.9 Å². The van der Waals surface area contributed by atoms with E-state index in [9.17, 15) is 0 Å². The molecule has 0 spiro atoms. The normalized spacial score (nSPS) is 16.9. The third-order valence-corrected chi connectivity index (χ3v) is 3.21. The quantitative estimate of drug-likeness (QED) is 0.763. The molecule has 2 rings (SSSR count). The number of hydrogen-bond acceptors (Lipinski definition) is 3. The maximum Gasteiger partial charge on any atom is 0.126 e. The molecule has 1 saturated carbocycles. The van der Waals surface area contributed by atoms with Gasteiger partial charge in [-0.1, -0.05) is 6.08 Å². The van der Waals surface area contributed by atoms with Gasteiger partial charge in [-0.05, 0) is 19.3 Å². The van der Waals surface area contributed by atoms with Crippen LogP contribution in [0.2, 0.25) is 0 Å². The van der Waals surface area contributed by atoms with E-state index in [1.807, 2.05) is 0 Å². The Balaban J connectivity index is 2.10. The summed E-state index contributed by atoms with van der Waals surface area (Å²) in [5, 5.41) is 4.68. The van der Waals surface area contributed by atoms with Gasteiger partial charge in [-0.3, -0.25) is 0 Å². The van der Waals surface area contributed by atoms with E-state index in [0.717, 1.165) is 13.0 Å². The van der Waals surface area contributed by atoms with Crippen molar-refractivity contribution in [3.8, 4) is 0 Å². The molecule has 4 heteroatoms. The molecule has 0 amide bonds. The average Bonchev–Trinajstić information content (AvgIpc) is 3.06. The molecule has 2 N–H and O–H groups in total. The van der Waals surface area contributed by atoms with E-state index in [-0.39, 0.29) is 6.04 Å². The highest BCUT2D eigenvalue weighted by Crippen LogP contribution is 2.40. The Bertz CT molecular complexity index is 390. The first kappa shape index (κ1) is 12.2. The summed E-state index contributed by atoms with van der Waals surface area (Å²) < 4.78 is 2.07. The van der Waals surface area contributed by atoms with E-state index in [0.29, 0.717) is 5.92 Å². The molecule has 1 atom stereocenters. The van der Waals surface area contributed by atoms with Crippen LogP contribution in [0.4, 0.5) is 5.82 Å². The molecule has 1 unspecified atom stereocenters. The minimum absolute atomic E-state index is 0.0542. The van der Waals surface area contributed by atoms with Crippen LogP contribution in [-0.2, 0) is 6.54 Å². The molecule has 4 nitrogen and oxygen atoms in total. The van der Waals surface area contributed by atoms with Crippen molar-refractivity contribution in [2.24, 2.45) is 5.73 Å². The van der Waals surface area contributed by atoms with Crippen molar-refractivity contribution in [2.45, 2.75) is 37.8 Å². The lowest BCUT2D eigenvalue weighted by Gasteiger charge is -2.15. The van der Waals surface area contributed by atoms with Gasteiger partial charge in [-0.25, -0.2) is 4.68 Å². The molecule has 1 heterocycles. The first-order valence-electron chi connectivity index (χ1n) is 6.25. The van der Waals surface area contributed by atoms with Crippen LogP contribution in [-0.4, -0.2) is 29.9 Å². The van der Waals surface area contributed by atoms with Crippen LogP contribution in [0, 0.1) is 0 Å². The fourth-order valence-electron chi connectivity index (χ4n) is 1.92. The second-order valence-corrected chi connectivity index (χ2v) is 5.01. The fraction of sp³-hybridized carbons (Fsp3) is 0.615. The molecule has 1 aliphatic rings. The van der Waals surface area contributed by atoms with E-state index >= 15 is 0 Å². The highest BCUT2D eigenvalue weighted by atomic mass is 15.4. The standard InChI is InChI=1S/C13H22N4/c1-4-11(14)7-8-17-13(16(2)3)9-12(15-17)10-5-6-10/h4,9-11H,1,5-8,14H2,2-3H3. The zero-order valence-electron chi connectivity index (χ0n) is 10.8. The summed E-state index contributed by atoms with van der Waals surface area (Å²) >= 11 is 0. The molecule has 0 aliphatic heterocycles. The lowest BCUT2D eigenvalue weighted by atomic mass is 10.2. The van der Waals surface area contributed by atoms with Crippen molar-refractivity contribution in [3.63, 3.8) is 0 Å². The Hall–Kier alpha value is -1.29. The first-order valence-corrected chi connectivity index (χ1v) is 6.25. The summed E-state index contributed by atoms with van der Waals surface area (Å²) in [6.45, 7) is 4.56. The number of anilines is 1. The van der Waals surface area contributed by atoms with E-state index < -0.39 is 0 Å². The van der Waals surface area contributed by atoms with Crippen LogP contribution >= 0.6 is 0 Å². The molecule has 0 bridgehead atoms. The van der Waals surface area contributed by atoms with E-state index in [4.69, 9.17) is 5.73 Å². The van der Waals surface area contributed by atoms with Crippen molar-refractivity contribution in [1.29, 1.82) is 0 Å². The number of nitrogens with two attached hydrogens (primary N) is 1. The van der Waals surface area contributed by atoms with Crippen molar-refractivity contribution in [2.75, 3.05) is 19.0 Å². The molecular formula is C13H22N4. The second-order valence-electron chi connectivity index (χ2n) is 5.01. The molecular weight excluding hydrogens is 212 g/mol. The van der Waals surface area contributed by atoms with Crippen molar-refractivity contribution >= 4 is 5.82 Å². The van der Waals surface area contributed by atoms with Gasteiger partial charge in [-0.2, -0.15) is 5.10 Å². The van der Waals surface area contributed by atoms with Crippen molar-refractivity contribution in [1.82, 2.24) is 9.78 Å². The third-order valence-electron chi connectivity index (χ3n) is 3.21. The van der Waals surface area contributed by atoms with Gasteiger partial charge in [0.05, 0.1) is 5.69 Å². The summed E-state index contributed by atoms with van der Waals surface area (Å²) in [7, 11) is 4.11. The summed E-state index contributed by atoms with van der Waals surface area (Å²) in [4.78, 5) is 2.11. The zero-order valence-corrected chi connectivity index (χ0v) is 10.8. The highest BCUT2D eigenvalue weighted by molar-refractivity contribution is 5.40. The fourth-order valence-corrected chi connectivity index (χ4v) is 1.92. The summed E-state index contributed by atoms with van der Waals surface area (Å²) in [5.74, 6) is 1.87. The molecule has 0 aromatic carbocycles. The second kappa shape index (κ2) is 4.92. The first-order chi connectivity index (χ1) is 8.11. The van der Waals surface area contributed by atoms with Gasteiger partial charge >= 0.3 is 0 Å². The Morgan fingerprint density at radius 1 is 1.65 bits per heavy atom. The maximum atomic E-state index is 5.85. The Morgan fingerprint density at radius 3 is 2.88 bits per heavy atom. The third kappa shape index (κ3) is 2.88. The molecule has 1 aromatic rings. The molecule has 1 aromatic heterocycles. The topological polar surface area (TPSA) is 47.1 Å². The summed E-state index contributed by atoms with van der Waals surface area (Å²) in [6, 6.07) is 2.26. The lowest BCUT2D eigenvalue weighted by molar-refractivity contribution is 0.545. The molecule has 0 saturated heterocycles. The lowest BCUT2D eigenvalue weighted by Crippen LogP contribution is -2.21. The van der Waals surface area contributed by atoms with Crippen LogP contribution < -0.4 is 10.6 Å². The van der Waals surface area contributed by atoms with Gasteiger partial charge in [0.25, 0.3) is 0 Å². The number of rotatable bonds is 6. The molecule has 1 aliphatic carbocycles. The SMILES string of the molecule is C=CC(N)CCn1nc(C2CC2)cc1N(C)C. The maximum absolute atomic E-state index is 5.85. The average molecular weight is 234 g/mol. The zero-order chi connectivity index (χ0) is 12.4. The van der Waals surface area contributed by atoms with Crippen molar-refractivity contribution in [3.05, 3.63) is 24.4 Å². The van der Waals surface area contributed by atoms with Gasteiger partial charge in [-0.15, -0.1) is 6.58 Å². The van der Waals surface area contributed by atoms with E-state index in [2.05, 4.69) is 41.4 Å². The minimum atomic E-state index is 0.0542. The van der Waals surface area contributed by atoms with E-state index in [1.165, 1.54) is 24.4 Å². The largest absolute Gasteiger partial charge is 0.363 e. The monoisotopic (exact) mass is 234 g/mol. The number of nitrogens with zero attached hydrogens (tertiary/aromatic N) is 3. The predicted octanol–water partition coefficient (Wildman–Crippen LogP) is 1.73. The number of hydrogen-bond donors (Lipinski definition) is 1.